The minimum atomic E-state index is 0.0650. The summed E-state index contributed by atoms with van der Waals surface area (Å²) in [5, 5.41) is 19.9. The van der Waals surface area contributed by atoms with E-state index in [4.69, 9.17) is 9.84 Å². The van der Waals surface area contributed by atoms with Gasteiger partial charge in [0.25, 0.3) is 0 Å². The molecule has 7 heteroatoms. The molecule has 0 aromatic heterocycles. The Morgan fingerprint density at radius 2 is 2.00 bits per heavy atom. The molecule has 2 rings (SSSR count). The molecule has 1 unspecified atom stereocenters. The summed E-state index contributed by atoms with van der Waals surface area (Å²) in [6, 6.07) is 8.18. The smallest absolute Gasteiger partial charge is 0.0973 e. The number of aliphatic hydroxyl groups is 1. The molecule has 1 aliphatic rings. The predicted octanol–water partition coefficient (Wildman–Crippen LogP) is 3.49. The second-order valence-corrected chi connectivity index (χ2v) is 7.36. The molecule has 0 fully saturated rings. The van der Waals surface area contributed by atoms with Gasteiger partial charge in [-0.2, -0.15) is 10.2 Å². The van der Waals surface area contributed by atoms with Crippen LogP contribution in [0.15, 0.2) is 57.4 Å². The van der Waals surface area contributed by atoms with E-state index in [2.05, 4.69) is 46.8 Å². The van der Waals surface area contributed by atoms with Crippen LogP contribution in [0.1, 0.15) is 26.7 Å². The number of quaternary nitrogens is 1. The van der Waals surface area contributed by atoms with E-state index >= 15 is 0 Å². The van der Waals surface area contributed by atoms with Crippen LogP contribution in [0.5, 0.6) is 0 Å². The van der Waals surface area contributed by atoms with Crippen molar-refractivity contribution in [2.24, 2.45) is 10.2 Å². The fraction of sp³-hybridized carbons (Fsp3) is 0.500. The Labute approximate surface area is 166 Å². The molecular formula is C20H31N4O2S+. The van der Waals surface area contributed by atoms with Gasteiger partial charge in [-0.15, -0.1) is 11.8 Å². The second kappa shape index (κ2) is 11.9. The maximum absolute atomic E-state index is 8.82. The fourth-order valence-corrected chi connectivity index (χ4v) is 3.51. The molecule has 4 N–H and O–H groups in total. The summed E-state index contributed by atoms with van der Waals surface area (Å²) in [5.74, 6) is 0. The van der Waals surface area contributed by atoms with Crippen LogP contribution < -0.4 is 10.6 Å². The van der Waals surface area contributed by atoms with Crippen molar-refractivity contribution in [2.45, 2.75) is 31.9 Å². The number of unbranched alkanes of at least 4 members (excludes halogenated alkanes) is 1. The van der Waals surface area contributed by atoms with Crippen molar-refractivity contribution in [1.29, 1.82) is 0 Å². The molecule has 0 saturated heterocycles. The van der Waals surface area contributed by atoms with Gasteiger partial charge in [0.15, 0.2) is 0 Å². The van der Waals surface area contributed by atoms with Crippen molar-refractivity contribution in [3.63, 3.8) is 0 Å². The molecule has 148 valence electrons. The van der Waals surface area contributed by atoms with Gasteiger partial charge in [-0.1, -0.05) is 13.3 Å². The molecule has 1 aliphatic carbocycles. The van der Waals surface area contributed by atoms with Crippen LogP contribution in [0.2, 0.25) is 0 Å². The van der Waals surface area contributed by atoms with E-state index in [1.54, 1.807) is 18.0 Å². The van der Waals surface area contributed by atoms with Crippen molar-refractivity contribution in [2.75, 3.05) is 37.8 Å². The second-order valence-electron chi connectivity index (χ2n) is 6.35. The first-order chi connectivity index (χ1) is 13.2. The summed E-state index contributed by atoms with van der Waals surface area (Å²) in [7, 11) is 0. The van der Waals surface area contributed by atoms with Gasteiger partial charge in [-0.25, -0.2) is 0 Å². The third-order valence-corrected chi connectivity index (χ3v) is 5.48. The lowest BCUT2D eigenvalue weighted by Gasteiger charge is -2.24. The molecule has 1 aromatic carbocycles. The van der Waals surface area contributed by atoms with Crippen molar-refractivity contribution in [3.8, 4) is 0 Å². The molecule has 0 bridgehead atoms. The van der Waals surface area contributed by atoms with E-state index in [9.17, 15) is 0 Å². The monoisotopic (exact) mass is 391 g/mol. The Balaban J connectivity index is 1.92. The van der Waals surface area contributed by atoms with Crippen LogP contribution in [0.25, 0.3) is 0 Å². The van der Waals surface area contributed by atoms with Gasteiger partial charge in [0.2, 0.25) is 0 Å². The predicted molar refractivity (Wildman–Crippen MR) is 112 cm³/mol. The van der Waals surface area contributed by atoms with E-state index < -0.39 is 0 Å². The molecule has 27 heavy (non-hydrogen) atoms. The number of azo groups is 1. The van der Waals surface area contributed by atoms with Crippen molar-refractivity contribution in [1.82, 2.24) is 0 Å². The van der Waals surface area contributed by atoms with Gasteiger partial charge in [0.1, 0.15) is 0 Å². The number of anilines is 1. The maximum atomic E-state index is 8.82. The standard InChI is InChI=1S/C20H30N4O2S/c1-3-4-10-24(11-13-26-14-12-25)18-7-5-17(6-8-18)22-23-19-16(2)20(19)27-15-9-21/h5-9,15,20,25H,3-4,10-14,21H2,1-2H3/p+1. The Morgan fingerprint density at radius 3 is 2.67 bits per heavy atom. The van der Waals surface area contributed by atoms with Crippen LogP contribution in [0.3, 0.4) is 0 Å². The van der Waals surface area contributed by atoms with E-state index in [-0.39, 0.29) is 6.61 Å². The Morgan fingerprint density at radius 1 is 1.22 bits per heavy atom. The SMILES string of the molecule is CCCCN(CCOCCO)c1ccc(N=NC2=C(C)C2SC=C[NH3+])cc1. The molecular weight excluding hydrogens is 360 g/mol. The summed E-state index contributed by atoms with van der Waals surface area (Å²) < 4.78 is 5.42. The first-order valence-corrected chi connectivity index (χ1v) is 10.4. The summed E-state index contributed by atoms with van der Waals surface area (Å²) in [4.78, 5) is 2.31. The quantitative estimate of drug-likeness (QED) is 0.398. The number of hydrogen-bond acceptors (Lipinski definition) is 6. The fourth-order valence-electron chi connectivity index (χ4n) is 2.62. The molecule has 1 atom stereocenters. The Kier molecular flexibility index (Phi) is 9.55. The first kappa shape index (κ1) is 21.6. The molecule has 0 radical (unpaired) electrons. The maximum Gasteiger partial charge on any atom is 0.0973 e. The van der Waals surface area contributed by atoms with Crippen LogP contribution in [-0.4, -0.2) is 43.3 Å². The third kappa shape index (κ3) is 7.10. The molecule has 0 spiro atoms. The lowest BCUT2D eigenvalue weighted by atomic mass is 10.2. The van der Waals surface area contributed by atoms with E-state index in [1.165, 1.54) is 5.57 Å². The van der Waals surface area contributed by atoms with Crippen molar-refractivity contribution >= 4 is 23.1 Å². The van der Waals surface area contributed by atoms with Gasteiger partial charge in [-0.05, 0) is 43.2 Å². The number of ether oxygens (including phenoxy) is 1. The topological polar surface area (TPSA) is 85.1 Å². The van der Waals surface area contributed by atoms with Crippen molar-refractivity contribution < 1.29 is 15.6 Å². The van der Waals surface area contributed by atoms with Gasteiger partial charge in [0, 0.05) is 24.2 Å². The van der Waals surface area contributed by atoms with E-state index in [1.807, 2.05) is 17.5 Å². The highest BCUT2D eigenvalue weighted by Gasteiger charge is 2.33. The van der Waals surface area contributed by atoms with Crippen LogP contribution in [0.4, 0.5) is 11.4 Å². The molecule has 1 aromatic rings. The zero-order chi connectivity index (χ0) is 19.5. The average Bonchev–Trinajstić information content (AvgIpc) is 3.32. The largest absolute Gasteiger partial charge is 0.394 e. The highest BCUT2D eigenvalue weighted by atomic mass is 32.2. The van der Waals surface area contributed by atoms with Gasteiger partial charge >= 0.3 is 0 Å². The van der Waals surface area contributed by atoms with E-state index in [0.717, 1.165) is 43.0 Å². The molecule has 0 heterocycles. The first-order valence-electron chi connectivity index (χ1n) is 9.47. The lowest BCUT2D eigenvalue weighted by molar-refractivity contribution is -0.274. The zero-order valence-corrected chi connectivity index (χ0v) is 17.1. The molecule has 0 amide bonds. The normalized spacial score (nSPS) is 16.7. The number of nitrogens with zero attached hydrogens (tertiary/aromatic N) is 3. The lowest BCUT2D eigenvalue weighted by Crippen LogP contribution is -2.38. The van der Waals surface area contributed by atoms with Gasteiger partial charge in [0.05, 0.1) is 42.7 Å². The average molecular weight is 392 g/mol. The Bertz CT molecular complexity index is 658. The summed E-state index contributed by atoms with van der Waals surface area (Å²) >= 11 is 1.71. The molecule has 6 nitrogen and oxygen atoms in total. The number of rotatable bonds is 13. The summed E-state index contributed by atoms with van der Waals surface area (Å²) in [5.41, 5.74) is 8.06. The number of hydrogen-bond donors (Lipinski definition) is 2. The minimum absolute atomic E-state index is 0.0650. The summed E-state index contributed by atoms with van der Waals surface area (Å²) in [6.45, 7) is 7.15. The summed E-state index contributed by atoms with van der Waals surface area (Å²) in [6.07, 6.45) is 4.08. The van der Waals surface area contributed by atoms with Crippen molar-refractivity contribution in [3.05, 3.63) is 47.1 Å². The number of benzene rings is 1. The van der Waals surface area contributed by atoms with Gasteiger partial charge < -0.3 is 20.5 Å². The number of aliphatic hydroxyl groups excluding tert-OH is 1. The third-order valence-electron chi connectivity index (χ3n) is 4.28. The number of thioether (sulfide) groups is 1. The van der Waals surface area contributed by atoms with Crippen LogP contribution in [-0.2, 0) is 4.74 Å². The highest BCUT2D eigenvalue weighted by molar-refractivity contribution is 8.03. The van der Waals surface area contributed by atoms with Crippen LogP contribution in [0, 0.1) is 0 Å². The van der Waals surface area contributed by atoms with Crippen LogP contribution >= 0.6 is 11.8 Å². The van der Waals surface area contributed by atoms with E-state index in [0.29, 0.717) is 18.5 Å². The minimum Gasteiger partial charge on any atom is -0.394 e. The molecule has 0 saturated carbocycles. The zero-order valence-electron chi connectivity index (χ0n) is 16.3. The highest BCUT2D eigenvalue weighted by Crippen LogP contribution is 2.43. The Hall–Kier alpha value is -1.67. The van der Waals surface area contributed by atoms with Gasteiger partial charge in [-0.3, -0.25) is 0 Å². The molecule has 0 aliphatic heterocycles.